The molecule has 0 aromatic heterocycles. The molecule has 0 aliphatic carbocycles. The molecular weight excluding hydrogens is 386 g/mol. The van der Waals surface area contributed by atoms with Crippen molar-refractivity contribution in [2.75, 3.05) is 13.2 Å². The number of allylic oxidation sites excluding steroid dienone is 2. The second kappa shape index (κ2) is 25.4. The fourth-order valence-electron chi connectivity index (χ4n) is 3.96. The molecule has 0 heterocycles. The minimum atomic E-state index is -0.0988. The number of hydrogen-bond acceptors (Lipinski definition) is 3. The zero-order valence-corrected chi connectivity index (χ0v) is 20.6. The maximum absolute atomic E-state index is 11.9. The molecule has 0 fully saturated rings. The fraction of sp³-hybridized carbons (Fsp3) is 0.889. The minimum Gasteiger partial charge on any atom is -0.396 e. The summed E-state index contributed by atoms with van der Waals surface area (Å²) >= 11 is 0. The fourth-order valence-corrected chi connectivity index (χ4v) is 3.96. The van der Waals surface area contributed by atoms with Crippen molar-refractivity contribution in [2.24, 2.45) is 0 Å². The van der Waals surface area contributed by atoms with E-state index in [1.54, 1.807) is 0 Å². The molecule has 0 rings (SSSR count). The number of rotatable bonds is 24. The normalized spacial score (nSPS) is 11.6. The number of aliphatic hydroxyl groups is 2. The summed E-state index contributed by atoms with van der Waals surface area (Å²) in [6.45, 7) is 2.36. The topological polar surface area (TPSA) is 69.6 Å². The zero-order chi connectivity index (χ0) is 22.8. The second-order valence-corrected chi connectivity index (χ2v) is 9.04. The van der Waals surface area contributed by atoms with Gasteiger partial charge < -0.3 is 15.5 Å². The molecule has 0 saturated heterocycles. The first kappa shape index (κ1) is 30.1. The van der Waals surface area contributed by atoms with Crippen molar-refractivity contribution in [3.8, 4) is 0 Å². The van der Waals surface area contributed by atoms with E-state index in [9.17, 15) is 4.79 Å². The van der Waals surface area contributed by atoms with Crippen molar-refractivity contribution in [2.45, 2.75) is 141 Å². The number of amides is 1. The molecule has 31 heavy (non-hydrogen) atoms. The Morgan fingerprint density at radius 3 is 1.55 bits per heavy atom. The summed E-state index contributed by atoms with van der Waals surface area (Å²) in [6, 6.07) is -0.0988. The van der Waals surface area contributed by atoms with Crippen molar-refractivity contribution in [3.63, 3.8) is 0 Å². The van der Waals surface area contributed by atoms with Crippen molar-refractivity contribution in [1.82, 2.24) is 5.32 Å². The number of carbonyl (C=O) groups excluding carboxylic acids is 1. The summed E-state index contributed by atoms with van der Waals surface area (Å²) in [5.41, 5.74) is 0. The summed E-state index contributed by atoms with van der Waals surface area (Å²) in [4.78, 5) is 11.9. The lowest BCUT2D eigenvalue weighted by Gasteiger charge is -2.16. The molecule has 1 amide bonds. The van der Waals surface area contributed by atoms with Crippen LogP contribution in [0.2, 0.25) is 0 Å². The van der Waals surface area contributed by atoms with Crippen LogP contribution in [0.25, 0.3) is 0 Å². The average molecular weight is 440 g/mol. The van der Waals surface area contributed by atoms with E-state index in [2.05, 4.69) is 24.4 Å². The zero-order valence-electron chi connectivity index (χ0n) is 20.6. The van der Waals surface area contributed by atoms with Crippen molar-refractivity contribution in [3.05, 3.63) is 12.2 Å². The van der Waals surface area contributed by atoms with E-state index < -0.39 is 0 Å². The maximum atomic E-state index is 11.9. The third-order valence-electron chi connectivity index (χ3n) is 5.99. The standard InChI is InChI=1S/C27H53NO3/c1-2-3-4-5-6-7-8-9-10-11-12-13-14-15-16-17-18-19-20-21-27(31)28-26(22-24-29)23-25-30/h9-10,26,29-30H,2-8,11-25H2,1H3,(H,28,31). The molecule has 0 atom stereocenters. The Morgan fingerprint density at radius 2 is 1.10 bits per heavy atom. The second-order valence-electron chi connectivity index (χ2n) is 9.04. The number of unbranched alkanes of at least 4 members (excludes halogenated alkanes) is 15. The van der Waals surface area contributed by atoms with E-state index in [1.807, 2.05) is 0 Å². The molecule has 0 unspecified atom stereocenters. The third-order valence-corrected chi connectivity index (χ3v) is 5.99. The van der Waals surface area contributed by atoms with Crippen LogP contribution >= 0.6 is 0 Å². The van der Waals surface area contributed by atoms with Gasteiger partial charge in [0.15, 0.2) is 0 Å². The summed E-state index contributed by atoms with van der Waals surface area (Å²) in [5, 5.41) is 20.9. The van der Waals surface area contributed by atoms with Gasteiger partial charge in [0, 0.05) is 25.7 Å². The van der Waals surface area contributed by atoms with Crippen LogP contribution in [-0.2, 0) is 4.79 Å². The van der Waals surface area contributed by atoms with Gasteiger partial charge >= 0.3 is 0 Å². The van der Waals surface area contributed by atoms with Gasteiger partial charge in [0.2, 0.25) is 5.91 Å². The highest BCUT2D eigenvalue weighted by molar-refractivity contribution is 5.76. The van der Waals surface area contributed by atoms with E-state index in [4.69, 9.17) is 10.2 Å². The molecule has 4 nitrogen and oxygen atoms in total. The highest BCUT2D eigenvalue weighted by atomic mass is 16.3. The lowest BCUT2D eigenvalue weighted by molar-refractivity contribution is -0.122. The molecule has 0 aromatic rings. The Balaban J connectivity index is 3.30. The lowest BCUT2D eigenvalue weighted by atomic mass is 10.0. The Kier molecular flexibility index (Phi) is 24.7. The smallest absolute Gasteiger partial charge is 0.220 e. The highest BCUT2D eigenvalue weighted by Gasteiger charge is 2.10. The van der Waals surface area contributed by atoms with Crippen LogP contribution in [0.5, 0.6) is 0 Å². The SMILES string of the molecule is CCCCCCCCC=CCCCCCCCCCCCC(=O)NC(CCO)CCO. The van der Waals surface area contributed by atoms with Gasteiger partial charge in [-0.3, -0.25) is 4.79 Å². The van der Waals surface area contributed by atoms with E-state index in [-0.39, 0.29) is 25.2 Å². The van der Waals surface area contributed by atoms with Crippen LogP contribution in [0.15, 0.2) is 12.2 Å². The Labute approximate surface area is 193 Å². The van der Waals surface area contributed by atoms with Crippen molar-refractivity contribution < 1.29 is 15.0 Å². The Hall–Kier alpha value is -0.870. The first-order chi connectivity index (χ1) is 15.2. The van der Waals surface area contributed by atoms with Crippen LogP contribution < -0.4 is 5.32 Å². The Bertz CT molecular complexity index is 392. The monoisotopic (exact) mass is 439 g/mol. The van der Waals surface area contributed by atoms with E-state index in [1.165, 1.54) is 96.3 Å². The molecule has 3 N–H and O–H groups in total. The van der Waals surface area contributed by atoms with Gasteiger partial charge in [0.25, 0.3) is 0 Å². The first-order valence-corrected chi connectivity index (χ1v) is 13.4. The van der Waals surface area contributed by atoms with Gasteiger partial charge in [0.1, 0.15) is 0 Å². The number of nitrogens with one attached hydrogen (secondary N) is 1. The minimum absolute atomic E-state index is 0.0426. The number of aliphatic hydroxyl groups excluding tert-OH is 2. The van der Waals surface area contributed by atoms with Crippen LogP contribution in [0.4, 0.5) is 0 Å². The largest absolute Gasteiger partial charge is 0.396 e. The number of carbonyl (C=O) groups is 1. The molecule has 0 aliphatic heterocycles. The summed E-state index contributed by atoms with van der Waals surface area (Å²) in [6.07, 6.45) is 28.4. The van der Waals surface area contributed by atoms with Gasteiger partial charge in [-0.05, 0) is 44.9 Å². The maximum Gasteiger partial charge on any atom is 0.220 e. The van der Waals surface area contributed by atoms with E-state index >= 15 is 0 Å². The summed E-state index contributed by atoms with van der Waals surface area (Å²) in [7, 11) is 0. The molecule has 0 bridgehead atoms. The van der Waals surface area contributed by atoms with Gasteiger partial charge in [-0.25, -0.2) is 0 Å². The van der Waals surface area contributed by atoms with Crippen molar-refractivity contribution in [1.29, 1.82) is 0 Å². The quantitative estimate of drug-likeness (QED) is 0.114. The van der Waals surface area contributed by atoms with Gasteiger partial charge in [-0.15, -0.1) is 0 Å². The predicted octanol–water partition coefficient (Wildman–Crippen LogP) is 6.83. The molecule has 0 saturated carbocycles. The average Bonchev–Trinajstić information content (AvgIpc) is 2.75. The van der Waals surface area contributed by atoms with Crippen LogP contribution in [0.1, 0.15) is 135 Å². The molecular formula is C27H53NO3. The van der Waals surface area contributed by atoms with Crippen LogP contribution in [0.3, 0.4) is 0 Å². The molecule has 0 aliphatic rings. The molecule has 0 aromatic carbocycles. The molecule has 0 spiro atoms. The third kappa shape index (κ3) is 23.6. The molecule has 184 valence electrons. The van der Waals surface area contributed by atoms with E-state index in [0.29, 0.717) is 19.3 Å². The number of hydrogen-bond donors (Lipinski definition) is 3. The lowest BCUT2D eigenvalue weighted by Crippen LogP contribution is -2.36. The van der Waals surface area contributed by atoms with Crippen LogP contribution in [0, 0.1) is 0 Å². The molecule has 4 heteroatoms. The van der Waals surface area contributed by atoms with Gasteiger partial charge in [0.05, 0.1) is 0 Å². The van der Waals surface area contributed by atoms with Gasteiger partial charge in [-0.2, -0.15) is 0 Å². The van der Waals surface area contributed by atoms with Gasteiger partial charge in [-0.1, -0.05) is 96.1 Å². The Morgan fingerprint density at radius 1 is 0.677 bits per heavy atom. The first-order valence-electron chi connectivity index (χ1n) is 13.4. The van der Waals surface area contributed by atoms with E-state index in [0.717, 1.165) is 12.8 Å². The summed E-state index contributed by atoms with van der Waals surface area (Å²) < 4.78 is 0. The predicted molar refractivity (Wildman–Crippen MR) is 133 cm³/mol. The van der Waals surface area contributed by atoms with Crippen LogP contribution in [-0.4, -0.2) is 35.4 Å². The highest BCUT2D eigenvalue weighted by Crippen LogP contribution is 2.12. The van der Waals surface area contributed by atoms with Crippen molar-refractivity contribution >= 4 is 5.91 Å². The summed E-state index contributed by atoms with van der Waals surface area (Å²) in [5.74, 6) is 0.0490. The molecule has 0 radical (unpaired) electrons.